The Morgan fingerprint density at radius 1 is 1.33 bits per heavy atom. The molecular formula is C14H15NO3. The van der Waals surface area contributed by atoms with Crippen molar-refractivity contribution in [1.29, 1.82) is 0 Å². The van der Waals surface area contributed by atoms with Gasteiger partial charge in [0, 0.05) is 0 Å². The van der Waals surface area contributed by atoms with Crippen molar-refractivity contribution in [2.24, 2.45) is 0 Å². The lowest BCUT2D eigenvalue weighted by Crippen LogP contribution is -2.30. The average molecular weight is 245 g/mol. The lowest BCUT2D eigenvalue weighted by molar-refractivity contribution is 0.0914. The number of aliphatic hydroxyl groups excluding tert-OH is 1. The van der Waals surface area contributed by atoms with Crippen molar-refractivity contribution in [2.45, 2.75) is 13.0 Å². The zero-order chi connectivity index (χ0) is 13.0. The van der Waals surface area contributed by atoms with Gasteiger partial charge in [-0.3, -0.25) is 4.79 Å². The topological polar surface area (TPSA) is 62.5 Å². The second-order valence-corrected chi connectivity index (χ2v) is 4.01. The van der Waals surface area contributed by atoms with Crippen molar-refractivity contribution in [3.8, 4) is 0 Å². The van der Waals surface area contributed by atoms with Gasteiger partial charge in [0.25, 0.3) is 5.91 Å². The van der Waals surface area contributed by atoms with Crippen molar-refractivity contribution in [2.75, 3.05) is 6.61 Å². The van der Waals surface area contributed by atoms with Gasteiger partial charge >= 0.3 is 0 Å². The smallest absolute Gasteiger partial charge is 0.255 e. The predicted molar refractivity (Wildman–Crippen MR) is 67.2 cm³/mol. The molecule has 0 saturated heterocycles. The van der Waals surface area contributed by atoms with Gasteiger partial charge < -0.3 is 14.8 Å². The molecule has 2 aromatic rings. The summed E-state index contributed by atoms with van der Waals surface area (Å²) in [7, 11) is 0. The molecule has 1 aromatic carbocycles. The molecule has 0 bridgehead atoms. The Balaban J connectivity index is 2.13. The molecule has 4 nitrogen and oxygen atoms in total. The van der Waals surface area contributed by atoms with Gasteiger partial charge in [-0.2, -0.15) is 0 Å². The monoisotopic (exact) mass is 245 g/mol. The Bertz CT molecular complexity index is 519. The fourth-order valence-electron chi connectivity index (χ4n) is 1.78. The second kappa shape index (κ2) is 5.51. The Hall–Kier alpha value is -2.07. The molecule has 18 heavy (non-hydrogen) atoms. The summed E-state index contributed by atoms with van der Waals surface area (Å²) in [6.45, 7) is 1.58. The van der Waals surface area contributed by atoms with Crippen molar-refractivity contribution in [3.63, 3.8) is 0 Å². The largest absolute Gasteiger partial charge is 0.469 e. The summed E-state index contributed by atoms with van der Waals surface area (Å²) in [6.07, 6.45) is 1.47. The summed E-state index contributed by atoms with van der Waals surface area (Å²) in [5.74, 6) is 0.321. The van der Waals surface area contributed by atoms with Crippen LogP contribution in [-0.2, 0) is 0 Å². The summed E-state index contributed by atoms with van der Waals surface area (Å²) >= 11 is 0. The van der Waals surface area contributed by atoms with E-state index in [-0.39, 0.29) is 12.5 Å². The van der Waals surface area contributed by atoms with Crippen LogP contribution < -0.4 is 5.32 Å². The number of carbonyl (C=O) groups excluding carboxylic acids is 1. The van der Waals surface area contributed by atoms with Crippen LogP contribution in [0.25, 0.3) is 0 Å². The van der Waals surface area contributed by atoms with Gasteiger partial charge in [0.05, 0.1) is 24.5 Å². The number of aliphatic hydroxyl groups is 1. The average Bonchev–Trinajstić information content (AvgIpc) is 2.83. The lowest BCUT2D eigenvalue weighted by Gasteiger charge is -2.16. The molecule has 0 aliphatic heterocycles. The van der Waals surface area contributed by atoms with Crippen LogP contribution in [-0.4, -0.2) is 17.6 Å². The number of carbonyl (C=O) groups is 1. The number of nitrogens with one attached hydrogen (secondary N) is 1. The molecule has 0 aliphatic carbocycles. The van der Waals surface area contributed by atoms with Crippen LogP contribution in [0.5, 0.6) is 0 Å². The van der Waals surface area contributed by atoms with Crippen LogP contribution in [0.1, 0.15) is 27.7 Å². The van der Waals surface area contributed by atoms with E-state index in [1.54, 1.807) is 13.0 Å². The van der Waals surface area contributed by atoms with E-state index in [2.05, 4.69) is 5.32 Å². The molecule has 0 aliphatic rings. The van der Waals surface area contributed by atoms with Gasteiger partial charge in [-0.15, -0.1) is 0 Å². The fourth-order valence-corrected chi connectivity index (χ4v) is 1.78. The molecule has 1 amide bonds. The van der Waals surface area contributed by atoms with E-state index in [0.29, 0.717) is 11.3 Å². The van der Waals surface area contributed by atoms with Crippen LogP contribution in [0, 0.1) is 6.92 Å². The minimum Gasteiger partial charge on any atom is -0.469 e. The number of hydrogen-bond donors (Lipinski definition) is 2. The molecule has 1 aromatic heterocycles. The normalized spacial score (nSPS) is 12.1. The van der Waals surface area contributed by atoms with Crippen LogP contribution in [0.3, 0.4) is 0 Å². The molecule has 2 N–H and O–H groups in total. The van der Waals surface area contributed by atoms with E-state index < -0.39 is 6.04 Å². The zero-order valence-electron chi connectivity index (χ0n) is 10.1. The standard InChI is InChI=1S/C14H15NO3/c1-10-12(7-8-18-10)14(17)15-13(9-16)11-5-3-2-4-6-11/h2-8,13,16H,9H2,1H3,(H,15,17)/t13-/m1/s1. The summed E-state index contributed by atoms with van der Waals surface area (Å²) in [4.78, 5) is 12.0. The Kier molecular flexibility index (Phi) is 3.79. The van der Waals surface area contributed by atoms with E-state index in [4.69, 9.17) is 4.42 Å². The lowest BCUT2D eigenvalue weighted by atomic mass is 10.1. The molecule has 0 spiro atoms. The first kappa shape index (κ1) is 12.4. The molecule has 1 heterocycles. The molecule has 0 saturated carbocycles. The molecule has 0 unspecified atom stereocenters. The molecular weight excluding hydrogens is 230 g/mol. The van der Waals surface area contributed by atoms with Gasteiger partial charge in [-0.25, -0.2) is 0 Å². The quantitative estimate of drug-likeness (QED) is 0.866. The van der Waals surface area contributed by atoms with E-state index in [1.165, 1.54) is 6.26 Å². The molecule has 4 heteroatoms. The highest BCUT2D eigenvalue weighted by atomic mass is 16.3. The van der Waals surface area contributed by atoms with E-state index in [0.717, 1.165) is 5.56 Å². The van der Waals surface area contributed by atoms with Crippen molar-refractivity contribution in [3.05, 3.63) is 59.5 Å². The summed E-state index contributed by atoms with van der Waals surface area (Å²) < 4.78 is 5.08. The fraction of sp³-hybridized carbons (Fsp3) is 0.214. The Morgan fingerprint density at radius 2 is 2.06 bits per heavy atom. The Morgan fingerprint density at radius 3 is 2.61 bits per heavy atom. The first-order chi connectivity index (χ1) is 8.72. The van der Waals surface area contributed by atoms with Gasteiger partial charge in [-0.05, 0) is 18.6 Å². The first-order valence-electron chi connectivity index (χ1n) is 5.73. The Labute approximate surface area is 105 Å². The minimum atomic E-state index is -0.409. The van der Waals surface area contributed by atoms with Crippen molar-refractivity contribution >= 4 is 5.91 Å². The van der Waals surface area contributed by atoms with Crippen molar-refractivity contribution < 1.29 is 14.3 Å². The third-order valence-electron chi connectivity index (χ3n) is 2.79. The van der Waals surface area contributed by atoms with Gasteiger partial charge in [0.2, 0.25) is 0 Å². The minimum absolute atomic E-state index is 0.146. The summed E-state index contributed by atoms with van der Waals surface area (Å²) in [6, 6.07) is 10.6. The molecule has 2 rings (SSSR count). The summed E-state index contributed by atoms with van der Waals surface area (Å²) in [5, 5.41) is 12.1. The zero-order valence-corrected chi connectivity index (χ0v) is 10.1. The molecule has 94 valence electrons. The number of furan rings is 1. The van der Waals surface area contributed by atoms with E-state index in [1.807, 2.05) is 30.3 Å². The third kappa shape index (κ3) is 2.60. The maximum Gasteiger partial charge on any atom is 0.255 e. The number of hydrogen-bond acceptors (Lipinski definition) is 3. The number of aryl methyl sites for hydroxylation is 1. The molecule has 1 atom stereocenters. The maximum absolute atomic E-state index is 12.0. The SMILES string of the molecule is Cc1occc1C(=O)N[C@H](CO)c1ccccc1. The van der Waals surface area contributed by atoms with Gasteiger partial charge in [0.1, 0.15) is 5.76 Å². The van der Waals surface area contributed by atoms with Crippen LogP contribution in [0.4, 0.5) is 0 Å². The highest BCUT2D eigenvalue weighted by Crippen LogP contribution is 2.14. The molecule has 0 fully saturated rings. The van der Waals surface area contributed by atoms with Crippen LogP contribution in [0.2, 0.25) is 0 Å². The highest BCUT2D eigenvalue weighted by molar-refractivity contribution is 5.95. The maximum atomic E-state index is 12.0. The second-order valence-electron chi connectivity index (χ2n) is 4.01. The van der Waals surface area contributed by atoms with Gasteiger partial charge in [0.15, 0.2) is 0 Å². The number of benzene rings is 1. The van der Waals surface area contributed by atoms with Crippen LogP contribution >= 0.6 is 0 Å². The highest BCUT2D eigenvalue weighted by Gasteiger charge is 2.17. The van der Waals surface area contributed by atoms with Crippen LogP contribution in [0.15, 0.2) is 47.1 Å². The predicted octanol–water partition coefficient (Wildman–Crippen LogP) is 2.05. The first-order valence-corrected chi connectivity index (χ1v) is 5.73. The molecule has 0 radical (unpaired) electrons. The van der Waals surface area contributed by atoms with E-state index >= 15 is 0 Å². The summed E-state index contributed by atoms with van der Waals surface area (Å²) in [5.41, 5.74) is 1.36. The van der Waals surface area contributed by atoms with Crippen molar-refractivity contribution in [1.82, 2.24) is 5.32 Å². The third-order valence-corrected chi connectivity index (χ3v) is 2.79. The van der Waals surface area contributed by atoms with Gasteiger partial charge in [-0.1, -0.05) is 30.3 Å². The number of amides is 1. The van der Waals surface area contributed by atoms with E-state index in [9.17, 15) is 9.90 Å². The number of rotatable bonds is 4.